The van der Waals surface area contributed by atoms with Crippen LogP contribution in [0.4, 0.5) is 4.39 Å². The van der Waals surface area contributed by atoms with Crippen LogP contribution in [0, 0.1) is 5.82 Å². The molecule has 3 rings (SSSR count). The smallest absolute Gasteiger partial charge is 0.242 e. The minimum Gasteiger partial charge on any atom is -0.357 e. The molecule has 0 aliphatic carbocycles. The van der Waals surface area contributed by atoms with E-state index < -0.39 is 6.04 Å². The molecule has 0 heterocycles. The Hall–Kier alpha value is -3.47. The largest absolute Gasteiger partial charge is 0.357 e. The number of amides is 2. The van der Waals surface area contributed by atoms with Gasteiger partial charge in [-0.15, -0.1) is 0 Å². The van der Waals surface area contributed by atoms with Crippen molar-refractivity contribution in [2.24, 2.45) is 0 Å². The summed E-state index contributed by atoms with van der Waals surface area (Å²) in [4.78, 5) is 27.7. The number of benzene rings is 3. The fourth-order valence-electron chi connectivity index (χ4n) is 3.38. The van der Waals surface area contributed by atoms with E-state index in [2.05, 4.69) is 5.32 Å². The van der Waals surface area contributed by atoms with Crippen LogP contribution in [-0.4, -0.2) is 29.8 Å². The third kappa shape index (κ3) is 5.77. The van der Waals surface area contributed by atoms with Crippen LogP contribution >= 0.6 is 0 Å². The Labute approximate surface area is 176 Å². The van der Waals surface area contributed by atoms with E-state index in [9.17, 15) is 14.0 Å². The molecule has 0 aliphatic heterocycles. The van der Waals surface area contributed by atoms with Gasteiger partial charge in [0.1, 0.15) is 11.9 Å². The fourth-order valence-corrected chi connectivity index (χ4v) is 3.38. The zero-order valence-corrected chi connectivity index (χ0v) is 16.9. The Kier molecular flexibility index (Phi) is 7.33. The van der Waals surface area contributed by atoms with Crippen molar-refractivity contribution in [2.45, 2.75) is 25.4 Å². The molecular formula is C25H25FN2O2. The third-order valence-electron chi connectivity index (χ3n) is 4.98. The molecule has 1 N–H and O–H groups in total. The molecule has 0 fully saturated rings. The Balaban J connectivity index is 1.92. The molecule has 0 saturated heterocycles. The maximum atomic E-state index is 13.4. The van der Waals surface area contributed by atoms with Crippen LogP contribution in [0.3, 0.4) is 0 Å². The van der Waals surface area contributed by atoms with Crippen molar-refractivity contribution in [3.63, 3.8) is 0 Å². The summed E-state index contributed by atoms with van der Waals surface area (Å²) in [6.07, 6.45) is 0.576. The quantitative estimate of drug-likeness (QED) is 0.622. The molecule has 0 aliphatic rings. The number of nitrogens with zero attached hydrogens (tertiary/aromatic N) is 1. The number of carbonyl (C=O) groups excluding carboxylic acids is 2. The number of rotatable bonds is 8. The van der Waals surface area contributed by atoms with E-state index >= 15 is 0 Å². The molecular weight excluding hydrogens is 379 g/mol. The normalized spacial score (nSPS) is 11.5. The SMILES string of the molecule is CNC(=O)[C@@H](Cc1ccccc1)N(Cc1ccc(F)cc1)C(=O)Cc1ccccc1. The molecule has 0 unspecified atom stereocenters. The summed E-state index contributed by atoms with van der Waals surface area (Å²) in [5.74, 6) is -0.731. The number of carbonyl (C=O) groups is 2. The van der Waals surface area contributed by atoms with Gasteiger partial charge in [-0.3, -0.25) is 9.59 Å². The first-order valence-corrected chi connectivity index (χ1v) is 9.90. The fraction of sp³-hybridized carbons (Fsp3) is 0.200. The Morgan fingerprint density at radius 3 is 1.97 bits per heavy atom. The van der Waals surface area contributed by atoms with Crippen molar-refractivity contribution < 1.29 is 14.0 Å². The van der Waals surface area contributed by atoms with Crippen molar-refractivity contribution in [1.82, 2.24) is 10.2 Å². The summed E-state index contributed by atoms with van der Waals surface area (Å²) >= 11 is 0. The van der Waals surface area contributed by atoms with E-state index in [4.69, 9.17) is 0 Å². The van der Waals surface area contributed by atoms with Crippen molar-refractivity contribution in [1.29, 1.82) is 0 Å². The molecule has 0 spiro atoms. The highest BCUT2D eigenvalue weighted by atomic mass is 19.1. The summed E-state index contributed by atoms with van der Waals surface area (Å²) in [6.45, 7) is 0.219. The second-order valence-corrected chi connectivity index (χ2v) is 7.13. The zero-order chi connectivity index (χ0) is 21.3. The van der Waals surface area contributed by atoms with E-state index in [0.29, 0.717) is 6.42 Å². The van der Waals surface area contributed by atoms with Crippen molar-refractivity contribution in [3.8, 4) is 0 Å². The molecule has 0 bridgehead atoms. The number of nitrogens with one attached hydrogen (secondary N) is 1. The molecule has 0 saturated carbocycles. The third-order valence-corrected chi connectivity index (χ3v) is 4.98. The summed E-state index contributed by atoms with van der Waals surface area (Å²) in [5, 5.41) is 2.69. The van der Waals surface area contributed by atoms with Gasteiger partial charge >= 0.3 is 0 Å². The van der Waals surface area contributed by atoms with Crippen LogP contribution in [-0.2, 0) is 29.0 Å². The highest BCUT2D eigenvalue weighted by Crippen LogP contribution is 2.17. The maximum Gasteiger partial charge on any atom is 0.242 e. The van der Waals surface area contributed by atoms with Crippen LogP contribution in [0.25, 0.3) is 0 Å². The Morgan fingerprint density at radius 1 is 0.833 bits per heavy atom. The molecule has 30 heavy (non-hydrogen) atoms. The van der Waals surface area contributed by atoms with E-state index in [0.717, 1.165) is 16.7 Å². The molecule has 1 atom stereocenters. The van der Waals surface area contributed by atoms with Crippen molar-refractivity contribution in [2.75, 3.05) is 7.05 Å². The lowest BCUT2D eigenvalue weighted by atomic mass is 10.0. The number of likely N-dealkylation sites (N-methyl/N-ethyl adjacent to an activating group) is 1. The minimum atomic E-state index is -0.682. The van der Waals surface area contributed by atoms with Gasteiger partial charge in [-0.05, 0) is 28.8 Å². The molecule has 2 amide bonds. The van der Waals surface area contributed by atoms with Gasteiger partial charge in [-0.2, -0.15) is 0 Å². The molecule has 5 heteroatoms. The topological polar surface area (TPSA) is 49.4 Å². The molecule has 3 aromatic rings. The van der Waals surface area contributed by atoms with E-state index in [-0.39, 0.29) is 30.6 Å². The molecule has 4 nitrogen and oxygen atoms in total. The molecule has 154 valence electrons. The average Bonchev–Trinajstić information content (AvgIpc) is 2.78. The van der Waals surface area contributed by atoms with Crippen LogP contribution in [0.2, 0.25) is 0 Å². The first kappa shape index (κ1) is 21.2. The van der Waals surface area contributed by atoms with Crippen molar-refractivity contribution in [3.05, 3.63) is 107 Å². The Bertz CT molecular complexity index is 959. The van der Waals surface area contributed by atoms with E-state index in [1.165, 1.54) is 12.1 Å². The molecule has 0 radical (unpaired) electrons. The standard InChI is InChI=1S/C25H25FN2O2/c1-27-25(30)23(16-19-8-4-2-5-9-19)28(18-21-12-14-22(26)15-13-21)24(29)17-20-10-6-3-7-11-20/h2-15,23H,16-18H2,1H3,(H,27,30)/t23-/m1/s1. The van der Waals surface area contributed by atoms with Gasteiger partial charge in [0.2, 0.25) is 11.8 Å². The number of halogens is 1. The molecule has 3 aromatic carbocycles. The van der Waals surface area contributed by atoms with E-state index in [1.807, 2.05) is 60.7 Å². The second-order valence-electron chi connectivity index (χ2n) is 7.13. The first-order valence-electron chi connectivity index (χ1n) is 9.90. The van der Waals surface area contributed by atoms with Crippen LogP contribution in [0.5, 0.6) is 0 Å². The summed E-state index contributed by atoms with van der Waals surface area (Å²) < 4.78 is 13.4. The molecule has 0 aromatic heterocycles. The summed E-state index contributed by atoms with van der Waals surface area (Å²) in [6, 6.07) is 24.4. The van der Waals surface area contributed by atoms with Crippen LogP contribution < -0.4 is 5.32 Å². The van der Waals surface area contributed by atoms with Gasteiger partial charge in [0, 0.05) is 20.0 Å². The first-order chi connectivity index (χ1) is 14.6. The monoisotopic (exact) mass is 404 g/mol. The zero-order valence-electron chi connectivity index (χ0n) is 16.9. The highest BCUT2D eigenvalue weighted by Gasteiger charge is 2.29. The van der Waals surface area contributed by atoms with Gasteiger partial charge in [-0.25, -0.2) is 4.39 Å². The Morgan fingerprint density at radius 2 is 1.40 bits per heavy atom. The predicted molar refractivity (Wildman–Crippen MR) is 115 cm³/mol. The number of hydrogen-bond donors (Lipinski definition) is 1. The van der Waals surface area contributed by atoms with Crippen LogP contribution in [0.15, 0.2) is 84.9 Å². The second kappa shape index (κ2) is 10.3. The lowest BCUT2D eigenvalue weighted by Gasteiger charge is -2.31. The van der Waals surface area contributed by atoms with Gasteiger partial charge in [0.25, 0.3) is 0 Å². The highest BCUT2D eigenvalue weighted by molar-refractivity contribution is 5.88. The van der Waals surface area contributed by atoms with Crippen molar-refractivity contribution >= 4 is 11.8 Å². The lowest BCUT2D eigenvalue weighted by Crippen LogP contribution is -2.50. The van der Waals surface area contributed by atoms with E-state index in [1.54, 1.807) is 24.1 Å². The predicted octanol–water partition coefficient (Wildman–Crippen LogP) is 3.75. The van der Waals surface area contributed by atoms with Gasteiger partial charge in [-0.1, -0.05) is 72.8 Å². The maximum absolute atomic E-state index is 13.4. The lowest BCUT2D eigenvalue weighted by molar-refractivity contribution is -0.140. The van der Waals surface area contributed by atoms with Crippen LogP contribution in [0.1, 0.15) is 16.7 Å². The summed E-state index contributed by atoms with van der Waals surface area (Å²) in [7, 11) is 1.57. The van der Waals surface area contributed by atoms with Gasteiger partial charge in [0.05, 0.1) is 6.42 Å². The van der Waals surface area contributed by atoms with Gasteiger partial charge in [0.15, 0.2) is 0 Å². The number of hydrogen-bond acceptors (Lipinski definition) is 2. The minimum absolute atomic E-state index is 0.157. The average molecular weight is 404 g/mol. The summed E-state index contributed by atoms with van der Waals surface area (Å²) in [5.41, 5.74) is 2.60. The van der Waals surface area contributed by atoms with Gasteiger partial charge < -0.3 is 10.2 Å².